The van der Waals surface area contributed by atoms with Crippen LogP contribution in [-0.4, -0.2) is 9.97 Å². The molecule has 0 aliphatic rings. The van der Waals surface area contributed by atoms with Gasteiger partial charge in [-0.1, -0.05) is 27.5 Å². The van der Waals surface area contributed by atoms with E-state index in [9.17, 15) is 4.39 Å². The lowest BCUT2D eigenvalue weighted by Crippen LogP contribution is -1.96. The van der Waals surface area contributed by atoms with E-state index in [0.29, 0.717) is 21.1 Å². The monoisotopic (exact) mass is 301 g/mol. The maximum absolute atomic E-state index is 13.5. The molecule has 6 heteroatoms. The van der Waals surface area contributed by atoms with Crippen LogP contribution >= 0.6 is 27.5 Å². The van der Waals surface area contributed by atoms with Crippen molar-refractivity contribution in [1.82, 2.24) is 9.97 Å². The van der Waals surface area contributed by atoms with E-state index in [-0.39, 0.29) is 5.82 Å². The molecule has 0 fully saturated rings. The summed E-state index contributed by atoms with van der Waals surface area (Å²) in [6.07, 6.45) is 1.31. The van der Waals surface area contributed by atoms with Gasteiger partial charge < -0.3 is 5.32 Å². The van der Waals surface area contributed by atoms with Crippen molar-refractivity contribution in [3.8, 4) is 0 Å². The van der Waals surface area contributed by atoms with Crippen molar-refractivity contribution >= 4 is 39.0 Å². The van der Waals surface area contributed by atoms with Gasteiger partial charge in [-0.3, -0.25) is 0 Å². The summed E-state index contributed by atoms with van der Waals surface area (Å²) >= 11 is 8.86. The molecule has 0 bridgehead atoms. The number of nitrogens with zero attached hydrogens (tertiary/aromatic N) is 2. The Balaban J connectivity index is 2.27. The molecule has 0 unspecified atom stereocenters. The Hall–Kier alpha value is -1.20. The Morgan fingerprint density at radius 2 is 2.06 bits per heavy atom. The van der Waals surface area contributed by atoms with E-state index < -0.39 is 0 Å². The minimum absolute atomic E-state index is 0.301. The van der Waals surface area contributed by atoms with E-state index in [0.717, 1.165) is 0 Å². The van der Waals surface area contributed by atoms with Gasteiger partial charge in [0.05, 0.1) is 5.69 Å². The summed E-state index contributed by atoms with van der Waals surface area (Å²) in [5, 5.41) is 3.11. The average Bonchev–Trinajstić information content (AvgIpc) is 2.22. The standard InChI is InChI=1S/C10H6BrClFN3/c11-6-1-2-8(7(13)3-6)16-10-4-9(12)14-5-15-10/h1-5H,(H,14,15,16). The summed E-state index contributed by atoms with van der Waals surface area (Å²) in [5.74, 6) is 0.0744. The van der Waals surface area contributed by atoms with Gasteiger partial charge in [-0.15, -0.1) is 0 Å². The lowest BCUT2D eigenvalue weighted by Gasteiger charge is -2.06. The predicted octanol–water partition coefficient (Wildman–Crippen LogP) is 3.78. The normalized spacial score (nSPS) is 10.2. The molecular formula is C10H6BrClFN3. The Kier molecular flexibility index (Phi) is 3.36. The van der Waals surface area contributed by atoms with Crippen molar-refractivity contribution in [2.24, 2.45) is 0 Å². The molecule has 0 radical (unpaired) electrons. The van der Waals surface area contributed by atoms with E-state index in [2.05, 4.69) is 31.2 Å². The lowest BCUT2D eigenvalue weighted by atomic mass is 10.3. The zero-order chi connectivity index (χ0) is 11.5. The highest BCUT2D eigenvalue weighted by molar-refractivity contribution is 9.10. The molecule has 2 aromatic rings. The van der Waals surface area contributed by atoms with Gasteiger partial charge in [0.1, 0.15) is 23.1 Å². The number of hydrogen-bond acceptors (Lipinski definition) is 3. The van der Waals surface area contributed by atoms with Crippen LogP contribution in [0.4, 0.5) is 15.9 Å². The summed E-state index contributed by atoms with van der Waals surface area (Å²) in [4.78, 5) is 7.64. The van der Waals surface area contributed by atoms with E-state index in [1.807, 2.05) is 0 Å². The fourth-order valence-electron chi connectivity index (χ4n) is 1.13. The van der Waals surface area contributed by atoms with Crippen molar-refractivity contribution in [3.63, 3.8) is 0 Å². The van der Waals surface area contributed by atoms with Crippen LogP contribution in [0.1, 0.15) is 0 Å². The summed E-state index contributed by atoms with van der Waals surface area (Å²) in [6, 6.07) is 6.22. The molecule has 0 saturated carbocycles. The zero-order valence-corrected chi connectivity index (χ0v) is 10.3. The van der Waals surface area contributed by atoms with Crippen molar-refractivity contribution in [2.45, 2.75) is 0 Å². The molecule has 2 rings (SSSR count). The molecule has 16 heavy (non-hydrogen) atoms. The smallest absolute Gasteiger partial charge is 0.147 e. The first-order valence-corrected chi connectivity index (χ1v) is 5.52. The molecule has 0 atom stereocenters. The fourth-order valence-corrected chi connectivity index (χ4v) is 1.61. The second-order valence-corrected chi connectivity index (χ2v) is 4.28. The van der Waals surface area contributed by atoms with Gasteiger partial charge in [0.15, 0.2) is 0 Å². The molecule has 0 aliphatic heterocycles. The van der Waals surface area contributed by atoms with E-state index in [4.69, 9.17) is 11.6 Å². The topological polar surface area (TPSA) is 37.8 Å². The van der Waals surface area contributed by atoms with Crippen molar-refractivity contribution in [3.05, 3.63) is 46.0 Å². The second kappa shape index (κ2) is 4.76. The number of hydrogen-bond donors (Lipinski definition) is 1. The summed E-state index contributed by atoms with van der Waals surface area (Å²) in [7, 11) is 0. The number of aromatic nitrogens is 2. The minimum Gasteiger partial charge on any atom is -0.338 e. The van der Waals surface area contributed by atoms with Crippen LogP contribution in [-0.2, 0) is 0 Å². The van der Waals surface area contributed by atoms with Crippen LogP contribution < -0.4 is 5.32 Å². The highest BCUT2D eigenvalue weighted by Gasteiger charge is 2.04. The van der Waals surface area contributed by atoms with Gasteiger partial charge in [0, 0.05) is 10.5 Å². The van der Waals surface area contributed by atoms with Crippen molar-refractivity contribution < 1.29 is 4.39 Å². The van der Waals surface area contributed by atoms with Crippen LogP contribution in [0.5, 0.6) is 0 Å². The third-order valence-corrected chi connectivity index (χ3v) is 2.53. The lowest BCUT2D eigenvalue weighted by molar-refractivity contribution is 0.631. The first-order valence-electron chi connectivity index (χ1n) is 4.35. The Bertz CT molecular complexity index is 521. The molecular weight excluding hydrogens is 296 g/mol. The Labute approximate surface area is 105 Å². The Morgan fingerprint density at radius 3 is 2.75 bits per heavy atom. The third-order valence-electron chi connectivity index (χ3n) is 1.83. The summed E-state index contributed by atoms with van der Waals surface area (Å²) < 4.78 is 14.1. The SMILES string of the molecule is Fc1cc(Br)ccc1Nc1cc(Cl)ncn1. The molecule has 0 saturated heterocycles. The number of rotatable bonds is 2. The molecule has 0 amide bonds. The summed E-state index contributed by atoms with van der Waals surface area (Å²) in [5.41, 5.74) is 0.331. The van der Waals surface area contributed by atoms with Gasteiger partial charge in [0.2, 0.25) is 0 Å². The van der Waals surface area contributed by atoms with Crippen molar-refractivity contribution in [1.29, 1.82) is 0 Å². The van der Waals surface area contributed by atoms with Crippen molar-refractivity contribution in [2.75, 3.05) is 5.32 Å². The molecule has 82 valence electrons. The van der Waals surface area contributed by atoms with E-state index in [1.165, 1.54) is 18.5 Å². The number of nitrogens with one attached hydrogen (secondary N) is 1. The van der Waals surface area contributed by atoms with Gasteiger partial charge in [-0.25, -0.2) is 14.4 Å². The van der Waals surface area contributed by atoms with E-state index in [1.54, 1.807) is 12.1 Å². The number of benzene rings is 1. The van der Waals surface area contributed by atoms with E-state index >= 15 is 0 Å². The molecule has 1 N–H and O–H groups in total. The molecule has 0 spiro atoms. The predicted molar refractivity (Wildman–Crippen MR) is 64.4 cm³/mol. The Morgan fingerprint density at radius 1 is 1.25 bits per heavy atom. The third kappa shape index (κ3) is 2.68. The van der Waals surface area contributed by atoms with Gasteiger partial charge >= 0.3 is 0 Å². The molecule has 3 nitrogen and oxygen atoms in total. The summed E-state index contributed by atoms with van der Waals surface area (Å²) in [6.45, 7) is 0. The highest BCUT2D eigenvalue weighted by atomic mass is 79.9. The highest BCUT2D eigenvalue weighted by Crippen LogP contribution is 2.22. The largest absolute Gasteiger partial charge is 0.338 e. The van der Waals surface area contributed by atoms with Gasteiger partial charge in [-0.2, -0.15) is 0 Å². The first kappa shape index (κ1) is 11.3. The number of halogens is 3. The second-order valence-electron chi connectivity index (χ2n) is 2.98. The molecule has 0 aliphatic carbocycles. The minimum atomic E-state index is -0.371. The average molecular weight is 303 g/mol. The van der Waals surface area contributed by atoms with Gasteiger partial charge in [0.25, 0.3) is 0 Å². The maximum atomic E-state index is 13.5. The van der Waals surface area contributed by atoms with Crippen LogP contribution in [0, 0.1) is 5.82 Å². The van der Waals surface area contributed by atoms with Crippen LogP contribution in [0.25, 0.3) is 0 Å². The zero-order valence-electron chi connectivity index (χ0n) is 7.92. The number of anilines is 2. The van der Waals surface area contributed by atoms with Crippen LogP contribution in [0.15, 0.2) is 35.1 Å². The van der Waals surface area contributed by atoms with Crippen LogP contribution in [0.2, 0.25) is 5.15 Å². The quantitative estimate of drug-likeness (QED) is 0.858. The maximum Gasteiger partial charge on any atom is 0.147 e. The first-order chi connectivity index (χ1) is 7.65. The fraction of sp³-hybridized carbons (Fsp3) is 0. The molecule has 1 aromatic heterocycles. The van der Waals surface area contributed by atoms with Crippen LogP contribution in [0.3, 0.4) is 0 Å². The molecule has 1 heterocycles. The molecule has 1 aromatic carbocycles. The van der Waals surface area contributed by atoms with Gasteiger partial charge in [-0.05, 0) is 18.2 Å².